The molecule has 7 heteroatoms. The number of nitrogens with one attached hydrogen (secondary N) is 2. The number of rotatable bonds is 7. The van der Waals surface area contributed by atoms with Crippen molar-refractivity contribution >= 4 is 49.1 Å². The predicted molar refractivity (Wildman–Crippen MR) is 76.3 cm³/mol. The SMILES string of the molecule is COCCNC(=O)CNCc1cc(Br)c(Br)s1. The molecule has 0 unspecified atom stereocenters. The van der Waals surface area contributed by atoms with Gasteiger partial charge in [0.2, 0.25) is 5.91 Å². The molecule has 2 N–H and O–H groups in total. The molecule has 0 spiro atoms. The minimum absolute atomic E-state index is 0.0169. The van der Waals surface area contributed by atoms with Gasteiger partial charge in [-0.2, -0.15) is 0 Å². The van der Waals surface area contributed by atoms with Crippen LogP contribution < -0.4 is 10.6 Å². The summed E-state index contributed by atoms with van der Waals surface area (Å²) >= 11 is 8.49. The Kier molecular flexibility index (Phi) is 7.29. The smallest absolute Gasteiger partial charge is 0.234 e. The van der Waals surface area contributed by atoms with Crippen molar-refractivity contribution in [1.82, 2.24) is 10.6 Å². The second-order valence-electron chi connectivity index (χ2n) is 3.28. The Morgan fingerprint density at radius 1 is 1.53 bits per heavy atom. The Hall–Kier alpha value is 0.0500. The zero-order valence-corrected chi connectivity index (χ0v) is 13.4. The Morgan fingerprint density at radius 3 is 2.88 bits per heavy atom. The average Bonchev–Trinajstić information content (AvgIpc) is 2.59. The van der Waals surface area contributed by atoms with Crippen molar-refractivity contribution < 1.29 is 9.53 Å². The lowest BCUT2D eigenvalue weighted by Gasteiger charge is -2.05. The van der Waals surface area contributed by atoms with Crippen LogP contribution in [0.5, 0.6) is 0 Å². The highest BCUT2D eigenvalue weighted by atomic mass is 79.9. The minimum atomic E-state index is -0.0169. The van der Waals surface area contributed by atoms with Gasteiger partial charge in [0, 0.05) is 29.5 Å². The Morgan fingerprint density at radius 2 is 2.29 bits per heavy atom. The van der Waals surface area contributed by atoms with E-state index >= 15 is 0 Å². The standard InChI is InChI=1S/C10H14Br2N2O2S/c1-16-3-2-14-9(15)6-13-5-7-4-8(11)10(12)17-7/h4,13H,2-3,5-6H2,1H3,(H,14,15). The number of halogens is 2. The van der Waals surface area contributed by atoms with E-state index < -0.39 is 0 Å². The number of hydrogen-bond donors (Lipinski definition) is 2. The maximum absolute atomic E-state index is 11.3. The quantitative estimate of drug-likeness (QED) is 0.707. The molecular weight excluding hydrogens is 372 g/mol. The number of amides is 1. The molecule has 0 saturated heterocycles. The van der Waals surface area contributed by atoms with E-state index in [1.54, 1.807) is 18.4 Å². The summed E-state index contributed by atoms with van der Waals surface area (Å²) in [7, 11) is 1.61. The predicted octanol–water partition coefficient (Wildman–Crippen LogP) is 2.13. The molecule has 1 amide bonds. The van der Waals surface area contributed by atoms with E-state index in [1.807, 2.05) is 6.07 Å². The Balaban J connectivity index is 2.17. The second kappa shape index (κ2) is 8.20. The highest BCUT2D eigenvalue weighted by molar-refractivity contribution is 9.13. The van der Waals surface area contributed by atoms with E-state index in [-0.39, 0.29) is 5.91 Å². The van der Waals surface area contributed by atoms with E-state index in [1.165, 1.54) is 4.88 Å². The lowest BCUT2D eigenvalue weighted by Crippen LogP contribution is -2.35. The molecule has 0 radical (unpaired) electrons. The lowest BCUT2D eigenvalue weighted by molar-refractivity contribution is -0.120. The zero-order chi connectivity index (χ0) is 12.7. The summed E-state index contributed by atoms with van der Waals surface area (Å²) < 4.78 is 6.95. The van der Waals surface area contributed by atoms with Crippen molar-refractivity contribution in [2.45, 2.75) is 6.54 Å². The van der Waals surface area contributed by atoms with Gasteiger partial charge in [0.1, 0.15) is 0 Å². The normalized spacial score (nSPS) is 10.5. The van der Waals surface area contributed by atoms with Gasteiger partial charge >= 0.3 is 0 Å². The molecule has 0 saturated carbocycles. The number of methoxy groups -OCH3 is 1. The first-order chi connectivity index (χ1) is 8.13. The van der Waals surface area contributed by atoms with E-state index in [0.29, 0.717) is 26.2 Å². The summed E-state index contributed by atoms with van der Waals surface area (Å²) in [6.45, 7) is 2.09. The molecule has 96 valence electrons. The lowest BCUT2D eigenvalue weighted by atomic mass is 10.4. The third-order valence-electron chi connectivity index (χ3n) is 1.91. The summed E-state index contributed by atoms with van der Waals surface area (Å²) in [4.78, 5) is 12.5. The van der Waals surface area contributed by atoms with E-state index in [9.17, 15) is 4.79 Å². The topological polar surface area (TPSA) is 50.4 Å². The maximum atomic E-state index is 11.3. The second-order valence-corrected chi connectivity index (χ2v) is 6.59. The first kappa shape index (κ1) is 15.1. The fraction of sp³-hybridized carbons (Fsp3) is 0.500. The molecule has 4 nitrogen and oxygen atoms in total. The van der Waals surface area contributed by atoms with Crippen LogP contribution >= 0.6 is 43.2 Å². The van der Waals surface area contributed by atoms with Gasteiger partial charge in [-0.1, -0.05) is 0 Å². The van der Waals surface area contributed by atoms with Gasteiger partial charge in [-0.25, -0.2) is 0 Å². The molecule has 0 aliphatic rings. The number of hydrogen-bond acceptors (Lipinski definition) is 4. The van der Waals surface area contributed by atoms with Crippen molar-refractivity contribution in [1.29, 1.82) is 0 Å². The van der Waals surface area contributed by atoms with Gasteiger partial charge in [-0.05, 0) is 37.9 Å². The van der Waals surface area contributed by atoms with Crippen LogP contribution in [0.15, 0.2) is 14.3 Å². The molecule has 1 aromatic heterocycles. The third-order valence-corrected chi connectivity index (χ3v) is 5.17. The minimum Gasteiger partial charge on any atom is -0.383 e. The molecule has 0 aliphatic heterocycles. The molecule has 0 aliphatic carbocycles. The molecule has 0 fully saturated rings. The Bertz CT molecular complexity index is 352. The van der Waals surface area contributed by atoms with Crippen LogP contribution in [-0.2, 0) is 16.1 Å². The van der Waals surface area contributed by atoms with E-state index in [4.69, 9.17) is 4.74 Å². The van der Waals surface area contributed by atoms with Gasteiger partial charge < -0.3 is 15.4 Å². The van der Waals surface area contributed by atoms with E-state index in [0.717, 1.165) is 8.26 Å². The number of carbonyl (C=O) groups is 1. The van der Waals surface area contributed by atoms with Crippen molar-refractivity contribution in [2.24, 2.45) is 0 Å². The van der Waals surface area contributed by atoms with Gasteiger partial charge in [0.25, 0.3) is 0 Å². The van der Waals surface area contributed by atoms with Crippen LogP contribution in [0.1, 0.15) is 4.88 Å². The van der Waals surface area contributed by atoms with Gasteiger partial charge in [0.05, 0.1) is 16.9 Å². The monoisotopic (exact) mass is 384 g/mol. The van der Waals surface area contributed by atoms with Crippen molar-refractivity contribution in [3.63, 3.8) is 0 Å². The first-order valence-electron chi connectivity index (χ1n) is 5.03. The zero-order valence-electron chi connectivity index (χ0n) is 9.39. The molecule has 0 atom stereocenters. The van der Waals surface area contributed by atoms with Crippen LogP contribution in [0.3, 0.4) is 0 Å². The highest BCUT2D eigenvalue weighted by Gasteiger charge is 2.04. The molecule has 0 bridgehead atoms. The number of ether oxygens (including phenoxy) is 1. The van der Waals surface area contributed by atoms with Crippen LogP contribution in [0.2, 0.25) is 0 Å². The van der Waals surface area contributed by atoms with Crippen LogP contribution in [0.4, 0.5) is 0 Å². The average molecular weight is 386 g/mol. The van der Waals surface area contributed by atoms with Crippen molar-refractivity contribution in [3.8, 4) is 0 Å². The maximum Gasteiger partial charge on any atom is 0.234 e. The molecular formula is C10H14Br2N2O2S. The van der Waals surface area contributed by atoms with Gasteiger partial charge in [-0.3, -0.25) is 4.79 Å². The Labute approximate surface area is 121 Å². The largest absolute Gasteiger partial charge is 0.383 e. The highest BCUT2D eigenvalue weighted by Crippen LogP contribution is 2.32. The van der Waals surface area contributed by atoms with Crippen LogP contribution in [0.25, 0.3) is 0 Å². The molecule has 17 heavy (non-hydrogen) atoms. The summed E-state index contributed by atoms with van der Waals surface area (Å²) in [6, 6.07) is 2.03. The van der Waals surface area contributed by atoms with Crippen molar-refractivity contribution in [2.75, 3.05) is 26.8 Å². The summed E-state index contributed by atoms with van der Waals surface area (Å²) in [5.41, 5.74) is 0. The third kappa shape index (κ3) is 5.96. The van der Waals surface area contributed by atoms with Gasteiger partial charge in [-0.15, -0.1) is 11.3 Å². The summed E-state index contributed by atoms with van der Waals surface area (Å²) in [5, 5.41) is 5.83. The number of thiophene rings is 1. The summed E-state index contributed by atoms with van der Waals surface area (Å²) in [5.74, 6) is -0.0169. The molecule has 0 aromatic carbocycles. The fourth-order valence-corrected chi connectivity index (χ4v) is 3.28. The van der Waals surface area contributed by atoms with E-state index in [2.05, 4.69) is 42.5 Å². The van der Waals surface area contributed by atoms with Crippen LogP contribution in [0, 0.1) is 0 Å². The first-order valence-corrected chi connectivity index (χ1v) is 7.43. The summed E-state index contributed by atoms with van der Waals surface area (Å²) in [6.07, 6.45) is 0. The van der Waals surface area contributed by atoms with Gasteiger partial charge in [0.15, 0.2) is 0 Å². The molecule has 1 aromatic rings. The molecule has 1 heterocycles. The van der Waals surface area contributed by atoms with Crippen LogP contribution in [-0.4, -0.2) is 32.7 Å². The molecule has 1 rings (SSSR count). The fourth-order valence-electron chi connectivity index (χ4n) is 1.13. The number of carbonyl (C=O) groups excluding carboxylic acids is 1. The van der Waals surface area contributed by atoms with Crippen molar-refractivity contribution in [3.05, 3.63) is 19.2 Å².